The number of benzene rings is 1. The summed E-state index contributed by atoms with van der Waals surface area (Å²) in [6.07, 6.45) is 1.15. The van der Waals surface area contributed by atoms with Gasteiger partial charge in [-0.05, 0) is 17.5 Å². The minimum Gasteiger partial charge on any atom is -0.379 e. The Labute approximate surface area is 127 Å². The van der Waals surface area contributed by atoms with Gasteiger partial charge in [0.15, 0.2) is 0 Å². The maximum absolute atomic E-state index is 5.91. The van der Waals surface area contributed by atoms with Gasteiger partial charge in [-0.3, -0.25) is 4.90 Å². The second-order valence-corrected chi connectivity index (χ2v) is 5.14. The van der Waals surface area contributed by atoms with Crippen LogP contribution < -0.4 is 5.73 Å². The largest absolute Gasteiger partial charge is 0.379 e. The third-order valence-electron chi connectivity index (χ3n) is 3.73. The first-order valence-electron chi connectivity index (χ1n) is 6.47. The van der Waals surface area contributed by atoms with Crippen LogP contribution in [-0.2, 0) is 11.3 Å². The molecule has 2 aliphatic rings. The molecule has 2 N–H and O–H groups in total. The number of halogens is 2. The van der Waals surface area contributed by atoms with Gasteiger partial charge in [-0.15, -0.1) is 24.8 Å². The van der Waals surface area contributed by atoms with Crippen molar-refractivity contribution < 1.29 is 4.74 Å². The van der Waals surface area contributed by atoms with Crippen LogP contribution in [0.25, 0.3) is 0 Å². The van der Waals surface area contributed by atoms with Crippen LogP contribution in [0.15, 0.2) is 24.3 Å². The normalized spacial score (nSPS) is 26.2. The van der Waals surface area contributed by atoms with E-state index in [0.717, 1.165) is 39.3 Å². The smallest absolute Gasteiger partial charge is 0.0594 e. The lowest BCUT2D eigenvalue weighted by Crippen LogP contribution is -2.35. The molecular weight excluding hydrogens is 283 g/mol. The summed E-state index contributed by atoms with van der Waals surface area (Å²) in [6, 6.07) is 9.31. The van der Waals surface area contributed by atoms with Crippen molar-refractivity contribution in [3.63, 3.8) is 0 Å². The minimum atomic E-state index is 0. The number of rotatable bonds is 3. The van der Waals surface area contributed by atoms with Crippen LogP contribution in [0.3, 0.4) is 0 Å². The molecule has 0 bridgehead atoms. The fourth-order valence-corrected chi connectivity index (χ4v) is 2.54. The Balaban J connectivity index is 0.000000902. The molecule has 3 rings (SSSR count). The zero-order valence-electron chi connectivity index (χ0n) is 11.0. The van der Waals surface area contributed by atoms with Gasteiger partial charge in [0, 0.05) is 31.6 Å². The van der Waals surface area contributed by atoms with Crippen LogP contribution in [-0.4, -0.2) is 37.2 Å². The fraction of sp³-hybridized carbons (Fsp3) is 0.571. The quantitative estimate of drug-likeness (QED) is 0.930. The highest BCUT2D eigenvalue weighted by atomic mass is 35.5. The van der Waals surface area contributed by atoms with Crippen LogP contribution in [0.1, 0.15) is 23.5 Å². The predicted molar refractivity (Wildman–Crippen MR) is 82.4 cm³/mol. The molecule has 1 saturated heterocycles. The summed E-state index contributed by atoms with van der Waals surface area (Å²) in [4.78, 5) is 2.45. The molecule has 19 heavy (non-hydrogen) atoms. The Hall–Kier alpha value is -0.320. The summed E-state index contributed by atoms with van der Waals surface area (Å²) in [7, 11) is 0. The Morgan fingerprint density at radius 3 is 2.53 bits per heavy atom. The van der Waals surface area contributed by atoms with Gasteiger partial charge in [0.1, 0.15) is 0 Å². The molecule has 2 fully saturated rings. The van der Waals surface area contributed by atoms with Crippen molar-refractivity contribution in [2.75, 3.05) is 26.3 Å². The summed E-state index contributed by atoms with van der Waals surface area (Å²) in [5.74, 6) is 0.611. The first-order chi connectivity index (χ1) is 8.33. The zero-order valence-corrected chi connectivity index (χ0v) is 12.6. The Morgan fingerprint density at radius 1 is 1.21 bits per heavy atom. The van der Waals surface area contributed by atoms with Crippen molar-refractivity contribution in [2.45, 2.75) is 24.9 Å². The lowest BCUT2D eigenvalue weighted by molar-refractivity contribution is 0.0342. The Bertz CT molecular complexity index is 397. The highest BCUT2D eigenvalue weighted by Crippen LogP contribution is 2.39. The molecule has 0 amide bonds. The highest BCUT2D eigenvalue weighted by Gasteiger charge is 2.34. The Morgan fingerprint density at radius 2 is 1.89 bits per heavy atom. The molecule has 2 atom stereocenters. The molecule has 1 aromatic rings. The average molecular weight is 305 g/mol. The van der Waals surface area contributed by atoms with Crippen LogP contribution in [0, 0.1) is 0 Å². The van der Waals surface area contributed by atoms with Gasteiger partial charge in [0.25, 0.3) is 0 Å². The third kappa shape index (κ3) is 4.33. The Kier molecular flexibility index (Phi) is 6.57. The molecule has 1 heterocycles. The van der Waals surface area contributed by atoms with E-state index in [1.165, 1.54) is 11.1 Å². The maximum atomic E-state index is 5.91. The monoisotopic (exact) mass is 304 g/mol. The van der Waals surface area contributed by atoms with E-state index in [1.54, 1.807) is 0 Å². The summed E-state index contributed by atoms with van der Waals surface area (Å²) in [5.41, 5.74) is 8.73. The number of nitrogens with zero attached hydrogens (tertiary/aromatic N) is 1. The van der Waals surface area contributed by atoms with Gasteiger partial charge in [-0.2, -0.15) is 0 Å². The lowest BCUT2D eigenvalue weighted by Gasteiger charge is -2.26. The zero-order chi connectivity index (χ0) is 11.7. The van der Waals surface area contributed by atoms with E-state index in [4.69, 9.17) is 10.5 Å². The number of hydrogen-bond acceptors (Lipinski definition) is 3. The summed E-state index contributed by atoms with van der Waals surface area (Å²) >= 11 is 0. The number of nitrogens with two attached hydrogens (primary N) is 1. The SMILES string of the molecule is Cl.Cl.NC1CC1c1cccc(CN2CCOCC2)c1. The van der Waals surface area contributed by atoms with E-state index in [1.807, 2.05) is 0 Å². The van der Waals surface area contributed by atoms with Gasteiger partial charge < -0.3 is 10.5 Å². The second-order valence-electron chi connectivity index (χ2n) is 5.14. The number of morpholine rings is 1. The molecule has 2 unspecified atom stereocenters. The van der Waals surface area contributed by atoms with Crippen LogP contribution in [0.5, 0.6) is 0 Å². The second kappa shape index (κ2) is 7.46. The molecule has 1 saturated carbocycles. The summed E-state index contributed by atoms with van der Waals surface area (Å²) in [5, 5.41) is 0. The molecule has 3 nitrogen and oxygen atoms in total. The molecule has 0 spiro atoms. The molecule has 1 aromatic carbocycles. The molecule has 0 radical (unpaired) electrons. The van der Waals surface area contributed by atoms with E-state index in [0.29, 0.717) is 12.0 Å². The van der Waals surface area contributed by atoms with Gasteiger partial charge >= 0.3 is 0 Å². The van der Waals surface area contributed by atoms with Gasteiger partial charge in [0.05, 0.1) is 13.2 Å². The molecule has 108 valence electrons. The van der Waals surface area contributed by atoms with Crippen LogP contribution in [0.2, 0.25) is 0 Å². The van der Waals surface area contributed by atoms with Crippen molar-refractivity contribution in [1.82, 2.24) is 4.90 Å². The molecule has 1 aliphatic heterocycles. The first kappa shape index (κ1) is 16.7. The topological polar surface area (TPSA) is 38.5 Å². The lowest BCUT2D eigenvalue weighted by atomic mass is 10.1. The van der Waals surface area contributed by atoms with E-state index in [9.17, 15) is 0 Å². The number of hydrogen-bond donors (Lipinski definition) is 1. The van der Waals surface area contributed by atoms with Crippen molar-refractivity contribution >= 4 is 24.8 Å². The van der Waals surface area contributed by atoms with E-state index in [2.05, 4.69) is 29.2 Å². The van der Waals surface area contributed by atoms with E-state index in [-0.39, 0.29) is 24.8 Å². The average Bonchev–Trinajstić information content (AvgIpc) is 3.08. The fourth-order valence-electron chi connectivity index (χ4n) is 2.54. The minimum absolute atomic E-state index is 0. The van der Waals surface area contributed by atoms with Crippen molar-refractivity contribution in [2.24, 2.45) is 5.73 Å². The van der Waals surface area contributed by atoms with E-state index >= 15 is 0 Å². The number of ether oxygens (including phenoxy) is 1. The van der Waals surface area contributed by atoms with Gasteiger partial charge in [0.2, 0.25) is 0 Å². The van der Waals surface area contributed by atoms with Crippen LogP contribution >= 0.6 is 24.8 Å². The molecule has 0 aromatic heterocycles. The molecular formula is C14H22Cl2N2O. The summed E-state index contributed by atoms with van der Waals surface area (Å²) in [6.45, 7) is 4.87. The van der Waals surface area contributed by atoms with Gasteiger partial charge in [-0.25, -0.2) is 0 Å². The highest BCUT2D eigenvalue weighted by molar-refractivity contribution is 5.85. The third-order valence-corrected chi connectivity index (χ3v) is 3.73. The maximum Gasteiger partial charge on any atom is 0.0594 e. The molecule has 5 heteroatoms. The van der Waals surface area contributed by atoms with Crippen molar-refractivity contribution in [3.05, 3.63) is 35.4 Å². The van der Waals surface area contributed by atoms with E-state index < -0.39 is 0 Å². The predicted octanol–water partition coefficient (Wildman–Crippen LogP) is 2.18. The first-order valence-corrected chi connectivity index (χ1v) is 6.47. The van der Waals surface area contributed by atoms with Gasteiger partial charge in [-0.1, -0.05) is 24.3 Å². The van der Waals surface area contributed by atoms with Crippen molar-refractivity contribution in [3.8, 4) is 0 Å². The van der Waals surface area contributed by atoms with Crippen LogP contribution in [0.4, 0.5) is 0 Å². The summed E-state index contributed by atoms with van der Waals surface area (Å²) < 4.78 is 5.37. The molecule has 1 aliphatic carbocycles. The standard InChI is InChI=1S/C14H20N2O.2ClH/c15-14-9-13(14)12-3-1-2-11(8-12)10-16-4-6-17-7-5-16;;/h1-3,8,13-14H,4-7,9-10,15H2;2*1H. The van der Waals surface area contributed by atoms with Crippen molar-refractivity contribution in [1.29, 1.82) is 0 Å².